The molecule has 6 heteroatoms. The average Bonchev–Trinajstić information content (AvgIpc) is 3.15. The van der Waals surface area contributed by atoms with Gasteiger partial charge in [0, 0.05) is 26.0 Å². The quantitative estimate of drug-likeness (QED) is 0.683. The van der Waals surface area contributed by atoms with Crippen LogP contribution in [0.1, 0.15) is 27.4 Å². The van der Waals surface area contributed by atoms with E-state index in [1.165, 1.54) is 0 Å². The molecule has 1 aromatic carbocycles. The van der Waals surface area contributed by atoms with Crippen molar-refractivity contribution in [2.45, 2.75) is 13.2 Å². The van der Waals surface area contributed by atoms with Crippen LogP contribution in [0.5, 0.6) is 5.75 Å². The summed E-state index contributed by atoms with van der Waals surface area (Å²) in [6.45, 7) is 0.576. The molecule has 1 amide bonds. The minimum Gasteiger partial charge on any atom is -0.484 e. The van der Waals surface area contributed by atoms with Crippen LogP contribution in [0.15, 0.2) is 65.3 Å². The van der Waals surface area contributed by atoms with Gasteiger partial charge in [-0.05, 0) is 35.9 Å². The van der Waals surface area contributed by atoms with Crippen molar-refractivity contribution in [3.63, 3.8) is 0 Å². The van der Waals surface area contributed by atoms with Crippen molar-refractivity contribution >= 4 is 5.91 Å². The monoisotopic (exact) mass is 347 g/mol. The third kappa shape index (κ3) is 4.08. The molecule has 3 rings (SSSR count). The zero-order valence-corrected chi connectivity index (χ0v) is 14.3. The third-order valence-electron chi connectivity index (χ3n) is 3.74. The Morgan fingerprint density at radius 1 is 1.23 bits per heavy atom. The summed E-state index contributed by atoms with van der Waals surface area (Å²) in [6.07, 6.45) is 3.41. The van der Waals surface area contributed by atoms with Crippen molar-refractivity contribution in [3.05, 3.63) is 83.6 Å². The van der Waals surface area contributed by atoms with E-state index < -0.39 is 0 Å². The fourth-order valence-corrected chi connectivity index (χ4v) is 2.43. The van der Waals surface area contributed by atoms with E-state index in [0.717, 1.165) is 5.56 Å². The van der Waals surface area contributed by atoms with Gasteiger partial charge >= 0.3 is 0 Å². The van der Waals surface area contributed by atoms with Crippen molar-refractivity contribution in [1.82, 2.24) is 9.88 Å². The predicted octanol–water partition coefficient (Wildman–Crippen LogP) is 3.40. The molecule has 0 atom stereocenters. The molecule has 2 aromatic heterocycles. The maximum Gasteiger partial charge on any atom is 0.289 e. The highest BCUT2D eigenvalue weighted by Crippen LogP contribution is 2.19. The Labute approximate surface area is 151 Å². The van der Waals surface area contributed by atoms with Crippen LogP contribution in [0, 0.1) is 11.3 Å². The van der Waals surface area contributed by atoms with Gasteiger partial charge in [-0.3, -0.25) is 9.78 Å². The number of hydrogen-bond donors (Lipinski definition) is 0. The summed E-state index contributed by atoms with van der Waals surface area (Å²) in [5.41, 5.74) is 1.39. The molecule has 0 aliphatic heterocycles. The number of aromatic nitrogens is 1. The van der Waals surface area contributed by atoms with E-state index in [-0.39, 0.29) is 18.3 Å². The van der Waals surface area contributed by atoms with E-state index in [1.54, 1.807) is 60.7 Å². The number of nitriles is 1. The zero-order valence-electron chi connectivity index (χ0n) is 14.3. The molecule has 0 aliphatic rings. The number of amides is 1. The van der Waals surface area contributed by atoms with E-state index in [2.05, 4.69) is 11.1 Å². The van der Waals surface area contributed by atoms with Gasteiger partial charge in [-0.1, -0.05) is 18.2 Å². The second-order valence-electron chi connectivity index (χ2n) is 5.69. The second kappa shape index (κ2) is 7.99. The summed E-state index contributed by atoms with van der Waals surface area (Å²) in [6, 6.07) is 16.1. The van der Waals surface area contributed by atoms with Crippen LogP contribution in [0.4, 0.5) is 0 Å². The van der Waals surface area contributed by atoms with Crippen molar-refractivity contribution in [2.24, 2.45) is 0 Å². The molecule has 0 fully saturated rings. The molecule has 0 N–H and O–H groups in total. The van der Waals surface area contributed by atoms with Crippen molar-refractivity contribution in [2.75, 3.05) is 7.05 Å². The summed E-state index contributed by atoms with van der Waals surface area (Å²) >= 11 is 0. The number of para-hydroxylation sites is 1. The minimum atomic E-state index is -0.225. The van der Waals surface area contributed by atoms with E-state index >= 15 is 0 Å². The predicted molar refractivity (Wildman–Crippen MR) is 94.2 cm³/mol. The lowest BCUT2D eigenvalue weighted by Crippen LogP contribution is -2.25. The number of carbonyl (C=O) groups excluding carboxylic acids is 1. The van der Waals surface area contributed by atoms with Gasteiger partial charge in [0.2, 0.25) is 0 Å². The topological polar surface area (TPSA) is 79.4 Å². The largest absolute Gasteiger partial charge is 0.484 e. The minimum absolute atomic E-state index is 0.137. The van der Waals surface area contributed by atoms with Crippen molar-refractivity contribution in [1.29, 1.82) is 5.26 Å². The molecule has 0 aliphatic carbocycles. The Morgan fingerprint density at radius 3 is 2.85 bits per heavy atom. The molecule has 0 bridgehead atoms. The summed E-state index contributed by atoms with van der Waals surface area (Å²) in [4.78, 5) is 18.1. The highest BCUT2D eigenvalue weighted by Gasteiger charge is 2.16. The molecular formula is C20H17N3O3. The van der Waals surface area contributed by atoms with Gasteiger partial charge in [0.25, 0.3) is 5.91 Å². The molecule has 130 valence electrons. The fraction of sp³-hybridized carbons (Fsp3) is 0.150. The summed E-state index contributed by atoms with van der Waals surface area (Å²) < 4.78 is 11.2. The van der Waals surface area contributed by atoms with Gasteiger partial charge in [0.1, 0.15) is 24.2 Å². The van der Waals surface area contributed by atoms with Gasteiger partial charge in [0.05, 0.1) is 5.56 Å². The lowest BCUT2D eigenvalue weighted by molar-refractivity contribution is 0.0749. The van der Waals surface area contributed by atoms with Crippen LogP contribution in [-0.4, -0.2) is 22.8 Å². The number of furan rings is 1. The standard InChI is InChI=1S/C20H17N3O3/c1-23(13-15-5-4-10-22-12-15)20(24)19-9-8-17(26-19)14-25-18-7-3-2-6-16(18)11-21/h2-10,12H,13-14H2,1H3. The molecule has 0 saturated carbocycles. The summed E-state index contributed by atoms with van der Waals surface area (Å²) in [5.74, 6) is 1.00. The normalized spacial score (nSPS) is 10.2. The number of rotatable bonds is 6. The first-order valence-corrected chi connectivity index (χ1v) is 8.02. The summed E-state index contributed by atoms with van der Waals surface area (Å²) in [7, 11) is 1.71. The summed E-state index contributed by atoms with van der Waals surface area (Å²) in [5, 5.41) is 9.07. The first kappa shape index (κ1) is 17.2. The van der Waals surface area contributed by atoms with E-state index in [4.69, 9.17) is 14.4 Å². The lowest BCUT2D eigenvalue weighted by atomic mass is 10.2. The molecule has 0 spiro atoms. The molecule has 2 heterocycles. The Kier molecular flexibility index (Phi) is 5.30. The number of ether oxygens (including phenoxy) is 1. The molecule has 0 unspecified atom stereocenters. The van der Waals surface area contributed by atoms with Crippen LogP contribution in [0.25, 0.3) is 0 Å². The number of pyridine rings is 1. The molecule has 3 aromatic rings. The molecule has 0 saturated heterocycles. The highest BCUT2D eigenvalue weighted by atomic mass is 16.5. The van der Waals surface area contributed by atoms with Crippen LogP contribution < -0.4 is 4.74 Å². The second-order valence-corrected chi connectivity index (χ2v) is 5.69. The number of carbonyl (C=O) groups is 1. The van der Waals surface area contributed by atoms with E-state index in [0.29, 0.717) is 23.6 Å². The number of hydrogen-bond acceptors (Lipinski definition) is 5. The first-order valence-electron chi connectivity index (χ1n) is 8.02. The Hall–Kier alpha value is -3.59. The van der Waals surface area contributed by atoms with Crippen molar-refractivity contribution in [3.8, 4) is 11.8 Å². The molecular weight excluding hydrogens is 330 g/mol. The van der Waals surface area contributed by atoms with E-state index in [1.807, 2.05) is 12.1 Å². The maximum atomic E-state index is 12.5. The zero-order chi connectivity index (χ0) is 18.4. The Balaban J connectivity index is 1.62. The molecule has 26 heavy (non-hydrogen) atoms. The average molecular weight is 347 g/mol. The van der Waals surface area contributed by atoms with Crippen LogP contribution >= 0.6 is 0 Å². The third-order valence-corrected chi connectivity index (χ3v) is 3.74. The molecule has 6 nitrogen and oxygen atoms in total. The van der Waals surface area contributed by atoms with Crippen LogP contribution in [0.3, 0.4) is 0 Å². The maximum absolute atomic E-state index is 12.5. The van der Waals surface area contributed by atoms with Crippen LogP contribution in [-0.2, 0) is 13.2 Å². The van der Waals surface area contributed by atoms with E-state index in [9.17, 15) is 4.79 Å². The van der Waals surface area contributed by atoms with Crippen molar-refractivity contribution < 1.29 is 13.9 Å². The van der Waals surface area contributed by atoms with Gasteiger partial charge in [-0.25, -0.2) is 0 Å². The highest BCUT2D eigenvalue weighted by molar-refractivity contribution is 5.91. The Bertz CT molecular complexity index is 929. The van der Waals surface area contributed by atoms with Gasteiger partial charge in [0.15, 0.2) is 5.76 Å². The van der Waals surface area contributed by atoms with Gasteiger partial charge < -0.3 is 14.1 Å². The smallest absolute Gasteiger partial charge is 0.289 e. The van der Waals surface area contributed by atoms with Gasteiger partial charge in [-0.2, -0.15) is 5.26 Å². The van der Waals surface area contributed by atoms with Crippen LogP contribution in [0.2, 0.25) is 0 Å². The first-order chi connectivity index (χ1) is 12.7. The lowest BCUT2D eigenvalue weighted by Gasteiger charge is -2.15. The number of benzene rings is 1. The fourth-order valence-electron chi connectivity index (χ4n) is 2.43. The Morgan fingerprint density at radius 2 is 2.08 bits per heavy atom. The molecule has 0 radical (unpaired) electrons. The SMILES string of the molecule is CN(Cc1cccnc1)C(=O)c1ccc(COc2ccccc2C#N)o1. The van der Waals surface area contributed by atoms with Gasteiger partial charge in [-0.15, -0.1) is 0 Å². The number of nitrogens with zero attached hydrogens (tertiary/aromatic N) is 3.